The Morgan fingerprint density at radius 1 is 1.43 bits per heavy atom. The van der Waals surface area contributed by atoms with Gasteiger partial charge in [0.15, 0.2) is 0 Å². The minimum Gasteiger partial charge on any atom is -0.389 e. The maximum atomic E-state index is 10.0. The van der Waals surface area contributed by atoms with E-state index < -0.39 is 5.60 Å². The molecular weight excluding hydrogens is 178 g/mol. The van der Waals surface area contributed by atoms with Crippen LogP contribution in [-0.2, 0) is 4.74 Å². The molecule has 1 saturated heterocycles. The Morgan fingerprint density at radius 2 is 2.14 bits per heavy atom. The zero-order valence-corrected chi connectivity index (χ0v) is 9.38. The van der Waals surface area contributed by atoms with E-state index in [1.54, 1.807) is 0 Å². The van der Waals surface area contributed by atoms with Crippen LogP contribution >= 0.6 is 0 Å². The van der Waals surface area contributed by atoms with Gasteiger partial charge in [0, 0.05) is 19.7 Å². The highest BCUT2D eigenvalue weighted by molar-refractivity contribution is 4.78. The summed E-state index contributed by atoms with van der Waals surface area (Å²) < 4.78 is 5.29. The van der Waals surface area contributed by atoms with Crippen molar-refractivity contribution in [3.8, 4) is 0 Å². The molecule has 3 nitrogen and oxygen atoms in total. The average molecular weight is 201 g/mol. The Balaban J connectivity index is 2.12. The SMILES string of the molecule is CCC(O)(CC)CNCC1CCOC1. The molecule has 0 aromatic heterocycles. The molecule has 14 heavy (non-hydrogen) atoms. The fraction of sp³-hybridized carbons (Fsp3) is 1.00. The van der Waals surface area contributed by atoms with E-state index in [-0.39, 0.29) is 0 Å². The van der Waals surface area contributed by atoms with Crippen LogP contribution in [0, 0.1) is 5.92 Å². The molecule has 1 fully saturated rings. The van der Waals surface area contributed by atoms with Crippen molar-refractivity contribution >= 4 is 0 Å². The van der Waals surface area contributed by atoms with Crippen molar-refractivity contribution in [2.75, 3.05) is 26.3 Å². The maximum Gasteiger partial charge on any atom is 0.0766 e. The first-order valence-electron chi connectivity index (χ1n) is 5.71. The summed E-state index contributed by atoms with van der Waals surface area (Å²) in [4.78, 5) is 0. The van der Waals surface area contributed by atoms with Gasteiger partial charge in [-0.05, 0) is 25.2 Å². The van der Waals surface area contributed by atoms with Gasteiger partial charge < -0.3 is 15.2 Å². The summed E-state index contributed by atoms with van der Waals surface area (Å²) in [5.74, 6) is 0.646. The summed E-state index contributed by atoms with van der Waals surface area (Å²) in [5, 5.41) is 13.3. The maximum absolute atomic E-state index is 10.0. The highest BCUT2D eigenvalue weighted by Crippen LogP contribution is 2.14. The predicted octanol–water partition coefficient (Wildman–Crippen LogP) is 1.16. The smallest absolute Gasteiger partial charge is 0.0766 e. The number of hydrogen-bond acceptors (Lipinski definition) is 3. The second-order valence-corrected chi connectivity index (χ2v) is 4.29. The topological polar surface area (TPSA) is 41.5 Å². The molecule has 84 valence electrons. The summed E-state index contributed by atoms with van der Waals surface area (Å²) in [6, 6.07) is 0. The third-order valence-corrected chi connectivity index (χ3v) is 3.23. The van der Waals surface area contributed by atoms with Crippen molar-refractivity contribution in [1.82, 2.24) is 5.32 Å². The van der Waals surface area contributed by atoms with Crippen molar-refractivity contribution in [2.45, 2.75) is 38.7 Å². The van der Waals surface area contributed by atoms with Crippen LogP contribution in [0.5, 0.6) is 0 Å². The molecule has 0 spiro atoms. The predicted molar refractivity (Wildman–Crippen MR) is 57.3 cm³/mol. The summed E-state index contributed by atoms with van der Waals surface area (Å²) in [7, 11) is 0. The summed E-state index contributed by atoms with van der Waals surface area (Å²) in [6.45, 7) is 7.52. The van der Waals surface area contributed by atoms with Crippen molar-refractivity contribution in [1.29, 1.82) is 0 Å². The van der Waals surface area contributed by atoms with Crippen molar-refractivity contribution in [3.05, 3.63) is 0 Å². The highest BCUT2D eigenvalue weighted by Gasteiger charge is 2.22. The normalized spacial score (nSPS) is 22.9. The van der Waals surface area contributed by atoms with Crippen LogP contribution in [0.1, 0.15) is 33.1 Å². The standard InChI is InChI=1S/C11H23NO2/c1-3-11(13,4-2)9-12-7-10-5-6-14-8-10/h10,12-13H,3-9H2,1-2H3. The summed E-state index contributed by atoms with van der Waals surface area (Å²) in [5.41, 5.74) is -0.514. The molecule has 2 N–H and O–H groups in total. The molecule has 1 atom stereocenters. The third-order valence-electron chi connectivity index (χ3n) is 3.23. The summed E-state index contributed by atoms with van der Waals surface area (Å²) >= 11 is 0. The molecule has 0 saturated carbocycles. The van der Waals surface area contributed by atoms with Gasteiger partial charge >= 0.3 is 0 Å². The second kappa shape index (κ2) is 5.69. The molecule has 1 rings (SSSR count). The Hall–Kier alpha value is -0.120. The lowest BCUT2D eigenvalue weighted by Crippen LogP contribution is -2.41. The molecule has 3 heteroatoms. The van der Waals surface area contributed by atoms with Gasteiger partial charge in [-0.15, -0.1) is 0 Å². The zero-order chi connectivity index (χ0) is 10.4. The number of hydrogen-bond donors (Lipinski definition) is 2. The van der Waals surface area contributed by atoms with Gasteiger partial charge in [0.05, 0.1) is 12.2 Å². The van der Waals surface area contributed by atoms with E-state index >= 15 is 0 Å². The van der Waals surface area contributed by atoms with Crippen LogP contribution in [0.2, 0.25) is 0 Å². The van der Waals surface area contributed by atoms with Crippen molar-refractivity contribution < 1.29 is 9.84 Å². The first-order chi connectivity index (χ1) is 6.70. The van der Waals surface area contributed by atoms with Gasteiger partial charge in [-0.3, -0.25) is 0 Å². The van der Waals surface area contributed by atoms with Gasteiger partial charge in [-0.25, -0.2) is 0 Å². The van der Waals surface area contributed by atoms with Crippen LogP contribution in [0.15, 0.2) is 0 Å². The van der Waals surface area contributed by atoms with Gasteiger partial charge in [-0.1, -0.05) is 13.8 Å². The Kier molecular flexibility index (Phi) is 4.85. The molecule has 1 aliphatic heterocycles. The van der Waals surface area contributed by atoms with Gasteiger partial charge in [0.25, 0.3) is 0 Å². The van der Waals surface area contributed by atoms with Crippen LogP contribution in [0.4, 0.5) is 0 Å². The molecule has 0 aliphatic carbocycles. The molecule has 1 unspecified atom stereocenters. The van der Waals surface area contributed by atoms with Gasteiger partial charge in [-0.2, -0.15) is 0 Å². The number of ether oxygens (including phenoxy) is 1. The van der Waals surface area contributed by atoms with Gasteiger partial charge in [0.1, 0.15) is 0 Å². The van der Waals surface area contributed by atoms with Crippen LogP contribution in [-0.4, -0.2) is 37.0 Å². The van der Waals surface area contributed by atoms with Crippen LogP contribution < -0.4 is 5.32 Å². The van der Waals surface area contributed by atoms with E-state index in [2.05, 4.69) is 5.32 Å². The Morgan fingerprint density at radius 3 is 2.64 bits per heavy atom. The minimum atomic E-state index is -0.514. The quantitative estimate of drug-likeness (QED) is 0.677. The van der Waals surface area contributed by atoms with Crippen molar-refractivity contribution in [3.63, 3.8) is 0 Å². The zero-order valence-electron chi connectivity index (χ0n) is 9.38. The lowest BCUT2D eigenvalue weighted by atomic mass is 9.97. The molecule has 0 amide bonds. The molecule has 0 aromatic carbocycles. The monoisotopic (exact) mass is 201 g/mol. The Labute approximate surface area is 86.8 Å². The molecule has 0 aromatic rings. The molecule has 0 radical (unpaired) electrons. The van der Waals surface area contributed by atoms with Crippen LogP contribution in [0.25, 0.3) is 0 Å². The van der Waals surface area contributed by atoms with E-state index in [4.69, 9.17) is 4.74 Å². The fourth-order valence-electron chi connectivity index (χ4n) is 1.75. The number of aliphatic hydroxyl groups is 1. The lowest BCUT2D eigenvalue weighted by molar-refractivity contribution is 0.0316. The summed E-state index contributed by atoms with van der Waals surface area (Å²) in [6.07, 6.45) is 2.79. The largest absolute Gasteiger partial charge is 0.389 e. The van der Waals surface area contributed by atoms with E-state index in [1.807, 2.05) is 13.8 Å². The van der Waals surface area contributed by atoms with E-state index in [0.29, 0.717) is 12.5 Å². The molecule has 1 aliphatic rings. The lowest BCUT2D eigenvalue weighted by Gasteiger charge is -2.26. The second-order valence-electron chi connectivity index (χ2n) is 4.29. The van der Waals surface area contributed by atoms with E-state index in [1.165, 1.54) is 0 Å². The first kappa shape index (κ1) is 12.0. The number of rotatable bonds is 6. The van der Waals surface area contributed by atoms with E-state index in [9.17, 15) is 5.11 Å². The molecule has 0 bridgehead atoms. The van der Waals surface area contributed by atoms with Gasteiger partial charge in [0.2, 0.25) is 0 Å². The fourth-order valence-corrected chi connectivity index (χ4v) is 1.75. The number of nitrogens with one attached hydrogen (secondary N) is 1. The van der Waals surface area contributed by atoms with Crippen molar-refractivity contribution in [2.24, 2.45) is 5.92 Å². The average Bonchev–Trinajstić information content (AvgIpc) is 2.70. The van der Waals surface area contributed by atoms with Crippen LogP contribution in [0.3, 0.4) is 0 Å². The highest BCUT2D eigenvalue weighted by atomic mass is 16.5. The minimum absolute atomic E-state index is 0.514. The Bertz CT molecular complexity index is 151. The van der Waals surface area contributed by atoms with E-state index in [0.717, 1.165) is 39.0 Å². The third kappa shape index (κ3) is 3.56. The molecule has 1 heterocycles. The first-order valence-corrected chi connectivity index (χ1v) is 5.71. The molecular formula is C11H23NO2.